The quantitative estimate of drug-likeness (QED) is 0.0407. The molecule has 1 aromatic carbocycles. The Kier molecular flexibility index (Phi) is 46.8. The minimum Gasteiger partial charge on any atom is -0.481 e. The molecule has 0 aliphatic carbocycles. The zero-order valence-electron chi connectivity index (χ0n) is 53.2. The first kappa shape index (κ1) is 81.2. The maximum atomic E-state index is 12.2. The number of aromatic nitrogens is 4. The molecular formula is C61H102N10O18S. The van der Waals surface area contributed by atoms with Crippen LogP contribution in [0.25, 0.3) is 0 Å². The highest BCUT2D eigenvalue weighted by molar-refractivity contribution is 7.90. The van der Waals surface area contributed by atoms with Gasteiger partial charge in [0.25, 0.3) is 5.91 Å². The molecule has 1 heterocycles. The van der Waals surface area contributed by atoms with Crippen molar-refractivity contribution in [3.63, 3.8) is 0 Å². The van der Waals surface area contributed by atoms with Gasteiger partial charge in [0, 0.05) is 63.8 Å². The van der Waals surface area contributed by atoms with Crippen molar-refractivity contribution in [1.29, 1.82) is 0 Å². The van der Waals surface area contributed by atoms with Crippen molar-refractivity contribution >= 4 is 69.0 Å². The number of primary amides is 1. The number of aliphatic carboxylic acids is 2. The number of sulfonamides is 1. The number of ether oxygens (including phenoxy) is 4. The molecule has 0 radical (unpaired) electrons. The van der Waals surface area contributed by atoms with Gasteiger partial charge in [0.1, 0.15) is 31.1 Å². The van der Waals surface area contributed by atoms with Crippen molar-refractivity contribution in [3.05, 3.63) is 41.2 Å². The van der Waals surface area contributed by atoms with Crippen LogP contribution in [-0.4, -0.2) is 182 Å². The molecule has 510 valence electrons. The number of tetrazole rings is 1. The molecule has 0 bridgehead atoms. The number of H-pyrrole nitrogens is 1. The fraction of sp³-hybridized carbons (Fsp3) is 0.721. The van der Waals surface area contributed by atoms with Crippen LogP contribution in [-0.2, 0) is 78.5 Å². The van der Waals surface area contributed by atoms with Crippen molar-refractivity contribution in [3.8, 4) is 0 Å². The predicted octanol–water partition coefficient (Wildman–Crippen LogP) is 4.66. The molecule has 2 aromatic rings. The number of carboxylic acids is 2. The van der Waals surface area contributed by atoms with E-state index in [9.17, 15) is 61.5 Å². The molecule has 3 unspecified atom stereocenters. The number of nitrogens with zero attached hydrogens (tertiary/aromatic N) is 3. The van der Waals surface area contributed by atoms with Gasteiger partial charge in [-0.2, -0.15) is 5.21 Å². The summed E-state index contributed by atoms with van der Waals surface area (Å²) in [7, 11) is -3.75. The molecule has 0 fully saturated rings. The largest absolute Gasteiger partial charge is 0.481 e. The van der Waals surface area contributed by atoms with E-state index in [0.29, 0.717) is 70.4 Å². The summed E-state index contributed by atoms with van der Waals surface area (Å²) in [6.07, 6.45) is 18.3. The maximum Gasteiger partial charge on any atom is 0.326 e. The Morgan fingerprint density at radius 1 is 0.567 bits per heavy atom. The lowest BCUT2D eigenvalue weighted by atomic mass is 10.00. The summed E-state index contributed by atoms with van der Waals surface area (Å²) in [5.41, 5.74) is 7.03. The van der Waals surface area contributed by atoms with Crippen LogP contribution in [0.3, 0.4) is 0 Å². The summed E-state index contributed by atoms with van der Waals surface area (Å²) in [5.74, 6) is -5.43. The first-order chi connectivity index (χ1) is 43.1. The molecule has 29 heteroatoms. The molecule has 0 saturated heterocycles. The minimum absolute atomic E-state index is 0.0420. The van der Waals surface area contributed by atoms with Crippen molar-refractivity contribution in [2.75, 3.05) is 71.7 Å². The number of rotatable bonds is 56. The van der Waals surface area contributed by atoms with E-state index in [1.165, 1.54) is 58.3 Å². The summed E-state index contributed by atoms with van der Waals surface area (Å²) < 4.78 is 47.3. The minimum atomic E-state index is -3.75. The fourth-order valence-corrected chi connectivity index (χ4v) is 9.88. The maximum absolute atomic E-state index is 12.2. The molecule has 0 aliphatic heterocycles. The Labute approximate surface area is 529 Å². The number of Topliss-reactive ketones (excluding diaryl/α,β-unsaturated/α-hetero) is 2. The molecule has 6 amide bonds. The molecule has 90 heavy (non-hydrogen) atoms. The third-order valence-electron chi connectivity index (χ3n) is 14.0. The Hall–Kier alpha value is -6.82. The second-order valence-electron chi connectivity index (χ2n) is 22.0. The van der Waals surface area contributed by atoms with E-state index in [1.54, 1.807) is 19.1 Å². The van der Waals surface area contributed by atoms with Gasteiger partial charge in [-0.15, -0.1) is 10.2 Å². The van der Waals surface area contributed by atoms with Gasteiger partial charge in [-0.1, -0.05) is 100 Å². The van der Waals surface area contributed by atoms with Crippen molar-refractivity contribution in [1.82, 2.24) is 46.6 Å². The molecular weight excluding hydrogens is 1190 g/mol. The summed E-state index contributed by atoms with van der Waals surface area (Å²) in [4.78, 5) is 117. The van der Waals surface area contributed by atoms with Crippen LogP contribution >= 0.6 is 0 Å². The Bertz CT molecular complexity index is 2490. The highest BCUT2D eigenvalue weighted by Gasteiger charge is 2.23. The number of aryl methyl sites for hydroxylation is 2. The molecule has 3 atom stereocenters. The number of nitrogens with two attached hydrogens (primary N) is 1. The number of amides is 6. The average Bonchev–Trinajstić information content (AvgIpc) is 3.82. The van der Waals surface area contributed by atoms with Gasteiger partial charge in [-0.05, 0) is 90.2 Å². The number of benzene rings is 1. The number of hydrogen-bond donors (Lipinski definition) is 9. The number of nitrogens with one attached hydrogen (secondary N) is 6. The van der Waals surface area contributed by atoms with Gasteiger partial charge in [-0.25, -0.2) is 13.2 Å². The number of aromatic amines is 1. The first-order valence-electron chi connectivity index (χ1n) is 31.6. The zero-order chi connectivity index (χ0) is 66.6. The van der Waals surface area contributed by atoms with Gasteiger partial charge in [0.05, 0.1) is 44.7 Å². The van der Waals surface area contributed by atoms with E-state index in [0.717, 1.165) is 43.5 Å². The normalized spacial score (nSPS) is 12.1. The van der Waals surface area contributed by atoms with E-state index in [4.69, 9.17) is 29.8 Å². The topological polar surface area (TPSA) is 423 Å². The molecule has 2 rings (SSSR count). The third-order valence-corrected chi connectivity index (χ3v) is 15.3. The van der Waals surface area contributed by atoms with Crippen LogP contribution in [0.2, 0.25) is 0 Å². The second-order valence-corrected chi connectivity index (χ2v) is 23.9. The summed E-state index contributed by atoms with van der Waals surface area (Å²) >= 11 is 0. The van der Waals surface area contributed by atoms with Gasteiger partial charge in [0.15, 0.2) is 11.6 Å². The van der Waals surface area contributed by atoms with Crippen molar-refractivity contribution in [2.45, 2.75) is 206 Å². The van der Waals surface area contributed by atoms with E-state index >= 15 is 0 Å². The van der Waals surface area contributed by atoms with Crippen molar-refractivity contribution in [2.24, 2.45) is 11.7 Å². The molecule has 0 saturated carbocycles. The number of carbonyl (C=O) groups excluding carboxylic acids is 8. The van der Waals surface area contributed by atoms with E-state index in [2.05, 4.69) is 46.6 Å². The third kappa shape index (κ3) is 46.3. The molecule has 0 aliphatic rings. The Morgan fingerprint density at radius 3 is 1.74 bits per heavy atom. The number of hydrogen-bond acceptors (Lipinski definition) is 19. The highest BCUT2D eigenvalue weighted by Crippen LogP contribution is 2.15. The molecule has 1 aromatic heterocycles. The van der Waals surface area contributed by atoms with Crippen molar-refractivity contribution < 1.29 is 85.5 Å². The van der Waals surface area contributed by atoms with E-state index in [1.807, 2.05) is 19.1 Å². The second kappa shape index (κ2) is 51.9. The Balaban J connectivity index is 0.000000908. The van der Waals surface area contributed by atoms with Crippen LogP contribution in [0.1, 0.15) is 203 Å². The average molecular weight is 1300 g/mol. The van der Waals surface area contributed by atoms with Gasteiger partial charge in [-0.3, -0.25) is 47.9 Å². The Morgan fingerprint density at radius 2 is 1.16 bits per heavy atom. The van der Waals surface area contributed by atoms with Gasteiger partial charge >= 0.3 is 11.9 Å². The number of ketones is 2. The lowest BCUT2D eigenvalue weighted by Crippen LogP contribution is -2.45. The van der Waals surface area contributed by atoms with Gasteiger partial charge < -0.3 is 56.2 Å². The van der Waals surface area contributed by atoms with Crippen LogP contribution < -0.4 is 31.7 Å². The SMILES string of the molecule is CC(=O)COCCOCCNC(=O)CCCS(=O)(=O)NC(=O)CCCCCCCCCCCCCCCc1nn[nH]n1.CCC(CCC(=O)NC(CCC(=O)CCCOCCOCC(=O)NC(CCCCNC(=O)c1ccc(C)cc1)C(N)=O)C(=O)O)C(=O)O. The van der Waals surface area contributed by atoms with Crippen LogP contribution in [0.5, 0.6) is 0 Å². The fourth-order valence-electron chi connectivity index (χ4n) is 8.81. The number of unbranched alkanes of at least 4 members (excludes halogenated alkanes) is 13. The lowest BCUT2D eigenvalue weighted by molar-refractivity contribution is -0.144. The smallest absolute Gasteiger partial charge is 0.326 e. The van der Waals surface area contributed by atoms with Crippen LogP contribution in [0.15, 0.2) is 24.3 Å². The first-order valence-corrected chi connectivity index (χ1v) is 33.3. The van der Waals surface area contributed by atoms with E-state index < -0.39 is 63.6 Å². The van der Waals surface area contributed by atoms with E-state index in [-0.39, 0.29) is 120 Å². The van der Waals surface area contributed by atoms with Crippen LogP contribution in [0, 0.1) is 12.8 Å². The predicted molar refractivity (Wildman–Crippen MR) is 333 cm³/mol. The summed E-state index contributed by atoms with van der Waals surface area (Å²) in [5, 5.41) is 42.7. The molecule has 10 N–H and O–H groups in total. The highest BCUT2D eigenvalue weighted by atomic mass is 32.2. The summed E-state index contributed by atoms with van der Waals surface area (Å²) in [6, 6.07) is 5.08. The number of carboxylic acid groups (broad SMARTS) is 2. The van der Waals surface area contributed by atoms with Crippen LogP contribution in [0.4, 0.5) is 0 Å². The lowest BCUT2D eigenvalue weighted by Gasteiger charge is -2.16. The number of carbonyl (C=O) groups is 10. The molecule has 28 nitrogen and oxygen atoms in total. The zero-order valence-corrected chi connectivity index (χ0v) is 54.0. The standard InChI is InChI=1S/C33H50N4O11.C28H52N6O7S/c1-3-23(32(43)44)13-16-28(39)37-27(33(45)46)15-14-25(38)7-6-18-47-19-20-48-21-29(40)36-26(30(34)41)8-4-5-17-35-31(42)24-11-9-22(2)10-12-24;1-25(35)24-41-22-21-40-20-19-29-27(36)18-15-23-42(38,39)32-28(37)17-14-12-10-8-6-4-2-3-5-7-9-11-13-16-26-30-33-34-31-26/h9-12,23,26-27H,3-8,13-21H2,1-2H3,(H2,34,41)(H,35,42)(H,36,40)(H,37,39)(H,43,44)(H,45,46);2-24H2,1H3,(H,29,36)(H,32,37)(H,30,31,33,34). The monoisotopic (exact) mass is 1290 g/mol. The van der Waals surface area contributed by atoms with Gasteiger partial charge in [0.2, 0.25) is 39.6 Å². The molecule has 0 spiro atoms. The summed E-state index contributed by atoms with van der Waals surface area (Å²) in [6.45, 7) is 6.89.